The molecule has 2 atom stereocenters. The van der Waals surface area contributed by atoms with Gasteiger partial charge in [0, 0.05) is 22.7 Å². The molecular weight excluding hydrogens is 569 g/mol. The molecule has 5 rings (SSSR count). The summed E-state index contributed by atoms with van der Waals surface area (Å²) in [6, 6.07) is 9.75. The van der Waals surface area contributed by atoms with E-state index in [1.54, 1.807) is 0 Å². The highest BCUT2D eigenvalue weighted by atomic mass is 35.5. The van der Waals surface area contributed by atoms with Gasteiger partial charge < -0.3 is 14.7 Å². The van der Waals surface area contributed by atoms with Gasteiger partial charge in [0.1, 0.15) is 11.4 Å². The second-order valence-electron chi connectivity index (χ2n) is 9.67. The molecule has 3 aromatic rings. The molecule has 2 heterocycles. The van der Waals surface area contributed by atoms with Crippen LogP contribution in [0.2, 0.25) is 5.02 Å². The Morgan fingerprint density at radius 3 is 2.38 bits per heavy atom. The van der Waals surface area contributed by atoms with E-state index in [1.807, 2.05) is 0 Å². The quantitative estimate of drug-likeness (QED) is 0.0927. The van der Waals surface area contributed by atoms with Crippen LogP contribution >= 0.6 is 11.6 Å². The van der Waals surface area contributed by atoms with Gasteiger partial charge in [0.2, 0.25) is 16.2 Å². The van der Waals surface area contributed by atoms with Gasteiger partial charge in [-0.05, 0) is 74.6 Å². The van der Waals surface area contributed by atoms with Crippen molar-refractivity contribution >= 4 is 33.5 Å². The van der Waals surface area contributed by atoms with Crippen LogP contribution in [0.4, 0.5) is 14.9 Å². The molecule has 1 saturated carbocycles. The summed E-state index contributed by atoms with van der Waals surface area (Å²) >= 11 is 5.97. The van der Waals surface area contributed by atoms with Crippen LogP contribution in [0.5, 0.6) is 5.75 Å². The first-order valence-corrected chi connectivity index (χ1v) is 14.1. The summed E-state index contributed by atoms with van der Waals surface area (Å²) in [6.45, 7) is 0. The fourth-order valence-corrected chi connectivity index (χ4v) is 7.16. The second-order valence-corrected chi connectivity index (χ2v) is 11.9. The van der Waals surface area contributed by atoms with Gasteiger partial charge in [-0.1, -0.05) is 11.6 Å². The van der Waals surface area contributed by atoms with E-state index in [0.29, 0.717) is 37.1 Å². The molecule has 2 fully saturated rings. The zero-order valence-electron chi connectivity index (χ0n) is 20.8. The number of carbonyl (C=O) groups excluding carboxylic acids is 1. The predicted molar refractivity (Wildman–Crippen MR) is 138 cm³/mol. The van der Waals surface area contributed by atoms with Crippen molar-refractivity contribution in [1.82, 2.24) is 4.31 Å². The zero-order chi connectivity index (χ0) is 28.7. The van der Waals surface area contributed by atoms with E-state index in [0.717, 1.165) is 18.5 Å². The van der Waals surface area contributed by atoms with Gasteiger partial charge in [-0.3, -0.25) is 10.1 Å². The van der Waals surface area contributed by atoms with Crippen LogP contribution in [0.1, 0.15) is 43.7 Å². The molecule has 0 N–H and O–H groups in total. The normalized spacial score (nSPS) is 20.4. The number of rotatable bonds is 7. The van der Waals surface area contributed by atoms with Crippen molar-refractivity contribution in [3.05, 3.63) is 98.7 Å². The summed E-state index contributed by atoms with van der Waals surface area (Å²) in [6.07, 6.45) is 2.61. The lowest BCUT2D eigenvalue weighted by Gasteiger charge is -2.43. The number of aromatic nitrogens is 1. The van der Waals surface area contributed by atoms with E-state index in [1.165, 1.54) is 52.8 Å². The number of ether oxygens (including phenoxy) is 2. The molecule has 0 spiro atoms. The first-order valence-electron chi connectivity index (χ1n) is 12.3. The molecular formula is C26H23ClFN3O8S. The molecule has 1 aromatic heterocycles. The SMILES string of the molecule is O=C(Oc1ccc([N+](=O)[O-])cc1)OC1(C2CCCC(c3cc(F)c[n+]([O-])c3)N2S(=O)(=O)c2ccc(Cl)cc2)CC1. The lowest BCUT2D eigenvalue weighted by Crippen LogP contribution is -2.53. The number of carbonyl (C=O) groups is 1. The van der Waals surface area contributed by atoms with Gasteiger partial charge in [0.15, 0.2) is 12.0 Å². The van der Waals surface area contributed by atoms with Crippen molar-refractivity contribution < 1.29 is 36.7 Å². The Balaban J connectivity index is 1.48. The van der Waals surface area contributed by atoms with Gasteiger partial charge >= 0.3 is 6.16 Å². The van der Waals surface area contributed by atoms with Gasteiger partial charge in [0.05, 0.1) is 21.9 Å². The molecule has 0 bridgehead atoms. The Labute approximate surface area is 233 Å². The van der Waals surface area contributed by atoms with Gasteiger partial charge in [-0.15, -0.1) is 0 Å². The molecule has 11 nitrogen and oxygen atoms in total. The van der Waals surface area contributed by atoms with Crippen LogP contribution < -0.4 is 9.47 Å². The monoisotopic (exact) mass is 591 g/mol. The highest BCUT2D eigenvalue weighted by Crippen LogP contribution is 2.52. The molecule has 1 saturated heterocycles. The molecule has 210 valence electrons. The van der Waals surface area contributed by atoms with E-state index in [2.05, 4.69) is 0 Å². The number of hydrogen-bond donors (Lipinski definition) is 0. The van der Waals surface area contributed by atoms with Crippen molar-refractivity contribution in [3.8, 4) is 5.75 Å². The molecule has 2 unspecified atom stereocenters. The van der Waals surface area contributed by atoms with E-state index in [4.69, 9.17) is 21.1 Å². The molecule has 40 heavy (non-hydrogen) atoms. The van der Waals surface area contributed by atoms with Gasteiger partial charge in [0.25, 0.3) is 5.69 Å². The summed E-state index contributed by atoms with van der Waals surface area (Å²) in [5.41, 5.74) is -1.24. The first-order chi connectivity index (χ1) is 19.0. The fraction of sp³-hybridized carbons (Fsp3) is 0.308. The van der Waals surface area contributed by atoms with Crippen LogP contribution in [-0.2, 0) is 14.8 Å². The van der Waals surface area contributed by atoms with Crippen molar-refractivity contribution in [1.29, 1.82) is 0 Å². The number of pyridine rings is 1. The Kier molecular flexibility index (Phi) is 7.38. The summed E-state index contributed by atoms with van der Waals surface area (Å²) < 4.78 is 54.8. The Morgan fingerprint density at radius 1 is 1.10 bits per heavy atom. The van der Waals surface area contributed by atoms with E-state index in [-0.39, 0.29) is 26.6 Å². The van der Waals surface area contributed by atoms with Crippen LogP contribution in [-0.4, -0.2) is 35.4 Å². The van der Waals surface area contributed by atoms with Crippen molar-refractivity contribution in [2.45, 2.75) is 54.7 Å². The standard InChI is InChI=1S/C26H23ClFN3O8S/c27-18-4-10-22(11-5-18)40(36,37)30-23(17-14-19(28)16-29(33)15-17)2-1-3-24(30)26(12-13-26)39-25(32)38-21-8-6-20(7-9-21)31(34)35/h4-11,14-16,23-24H,1-3,12-13H2. The third-order valence-corrected chi connectivity index (χ3v) is 9.24. The average Bonchev–Trinajstić information content (AvgIpc) is 3.68. The zero-order valence-corrected chi connectivity index (χ0v) is 22.4. The topological polar surface area (TPSA) is 143 Å². The van der Waals surface area contributed by atoms with Crippen LogP contribution in [0, 0.1) is 21.1 Å². The minimum Gasteiger partial charge on any atom is -0.619 e. The van der Waals surface area contributed by atoms with Crippen LogP contribution in [0.15, 0.2) is 71.9 Å². The molecule has 0 amide bonds. The summed E-state index contributed by atoms with van der Waals surface area (Å²) in [5, 5.41) is 23.3. The summed E-state index contributed by atoms with van der Waals surface area (Å²) in [5.74, 6) is -0.805. The van der Waals surface area contributed by atoms with Gasteiger partial charge in [-0.25, -0.2) is 17.6 Å². The van der Waals surface area contributed by atoms with Crippen LogP contribution in [0.25, 0.3) is 0 Å². The largest absolute Gasteiger partial charge is 0.619 e. The highest BCUT2D eigenvalue weighted by Gasteiger charge is 2.60. The minimum atomic E-state index is -4.26. The first kappa shape index (κ1) is 27.7. The lowest BCUT2D eigenvalue weighted by atomic mass is 9.90. The number of halogens is 2. The maximum absolute atomic E-state index is 14.2. The molecule has 1 aliphatic heterocycles. The summed E-state index contributed by atoms with van der Waals surface area (Å²) in [7, 11) is -4.26. The Morgan fingerprint density at radius 2 is 1.77 bits per heavy atom. The fourth-order valence-electron chi connectivity index (χ4n) is 5.12. The Hall–Kier alpha value is -3.81. The smallest absolute Gasteiger partial charge is 0.514 e. The number of benzene rings is 2. The molecule has 2 aliphatic rings. The molecule has 2 aromatic carbocycles. The van der Waals surface area contributed by atoms with Crippen molar-refractivity contribution in [3.63, 3.8) is 0 Å². The number of sulfonamides is 1. The lowest BCUT2D eigenvalue weighted by molar-refractivity contribution is -0.607. The molecule has 14 heteroatoms. The molecule has 0 radical (unpaired) electrons. The molecule has 1 aliphatic carbocycles. The number of non-ortho nitro benzene ring substituents is 1. The van der Waals surface area contributed by atoms with Crippen molar-refractivity contribution in [2.24, 2.45) is 0 Å². The number of hydrogen-bond acceptors (Lipinski definition) is 8. The maximum atomic E-state index is 14.2. The second kappa shape index (κ2) is 10.6. The van der Waals surface area contributed by atoms with E-state index >= 15 is 0 Å². The third-order valence-electron chi connectivity index (χ3n) is 7.06. The third kappa shape index (κ3) is 5.58. The maximum Gasteiger partial charge on any atom is 0.514 e. The highest BCUT2D eigenvalue weighted by molar-refractivity contribution is 7.89. The average molecular weight is 592 g/mol. The number of piperidine rings is 1. The number of nitro groups is 1. The Bertz CT molecular complexity index is 1530. The summed E-state index contributed by atoms with van der Waals surface area (Å²) in [4.78, 5) is 23.0. The van der Waals surface area contributed by atoms with E-state index < -0.39 is 44.6 Å². The minimum absolute atomic E-state index is 0.0123. The number of nitro benzene ring substituents is 1. The predicted octanol–water partition coefficient (Wildman–Crippen LogP) is 5.05. The van der Waals surface area contributed by atoms with Crippen LogP contribution in [0.3, 0.4) is 0 Å². The number of nitrogens with zero attached hydrogens (tertiary/aromatic N) is 3. The van der Waals surface area contributed by atoms with Gasteiger partial charge in [-0.2, -0.15) is 9.04 Å². The van der Waals surface area contributed by atoms with Crippen molar-refractivity contribution in [2.75, 3.05) is 0 Å². The van der Waals surface area contributed by atoms with E-state index in [9.17, 15) is 32.9 Å².